The number of ether oxygens (including phenoxy) is 11. The second-order valence-corrected chi connectivity index (χ2v) is 43.5. The molecule has 0 aromatic heterocycles. The molecule has 0 aliphatic carbocycles. The summed E-state index contributed by atoms with van der Waals surface area (Å²) in [5, 5.41) is 142. The summed E-state index contributed by atoms with van der Waals surface area (Å²) in [5.74, 6) is -5.92. The lowest BCUT2D eigenvalue weighted by atomic mass is 9.92. The van der Waals surface area contributed by atoms with Crippen molar-refractivity contribution in [1.29, 1.82) is 0 Å². The summed E-state index contributed by atoms with van der Waals surface area (Å²) in [6, 6.07) is -12.3. The Bertz CT molecular complexity index is 4750. The molecule has 0 aromatic carbocycles. The monoisotopic (exact) mass is 2170 g/mol. The zero-order chi connectivity index (χ0) is 112. The van der Waals surface area contributed by atoms with Crippen LogP contribution in [0.3, 0.4) is 0 Å². The fourth-order valence-corrected chi connectivity index (χ4v) is 20.6. The molecular weight excluding hydrogens is 2000 g/mol. The number of aliphatic hydroxyl groups is 11. The fourth-order valence-electron chi connectivity index (χ4n) is 18.5. The largest absolute Gasteiger partial charge is 0.483 e. The van der Waals surface area contributed by atoms with Gasteiger partial charge in [0.25, 0.3) is 0 Å². The Balaban J connectivity index is 1.01. The minimum Gasteiger partial charge on any atom is -0.394 e. The van der Waals surface area contributed by atoms with Crippen molar-refractivity contribution < 1.29 is 174 Å². The van der Waals surface area contributed by atoms with Crippen molar-refractivity contribution in [3.05, 3.63) is 128 Å². The third kappa shape index (κ3) is 44.5. The molecule has 0 bridgehead atoms. The van der Waals surface area contributed by atoms with Gasteiger partial charge in [0, 0.05) is 48.5 Å². The summed E-state index contributed by atoms with van der Waals surface area (Å²) in [6.45, 7) is 28.6. The Morgan fingerprint density at radius 3 is 0.713 bits per heavy atom. The number of amides is 7. The van der Waals surface area contributed by atoms with Crippen molar-refractivity contribution in [2.75, 3.05) is 39.6 Å². The fraction of sp³-hybridized carbons (Fsp3) is 0.724. The highest BCUT2D eigenvalue weighted by Crippen LogP contribution is 2.61. The van der Waals surface area contributed by atoms with E-state index in [4.69, 9.17) is 65.5 Å². The minimum absolute atomic E-state index is 0.522. The van der Waals surface area contributed by atoms with Crippen LogP contribution in [-0.4, -0.2) is 331 Å². The molecule has 0 radical (unpaired) electrons. The number of aliphatic hydroxyl groups excluding tert-OH is 11. The van der Waals surface area contributed by atoms with Crippen molar-refractivity contribution in [2.24, 2.45) is 0 Å². The van der Waals surface area contributed by atoms with Gasteiger partial charge in [-0.3, -0.25) is 42.6 Å². The maximum atomic E-state index is 14.0. The number of nitrogens with one attached hydrogen (secondary N) is 7. The molecule has 7 amide bonds. The molecule has 2 unspecified atom stereocenters. The van der Waals surface area contributed by atoms with Crippen LogP contribution in [0.15, 0.2) is 128 Å². The lowest BCUT2D eigenvalue weighted by molar-refractivity contribution is -0.369. The lowest BCUT2D eigenvalue weighted by Gasteiger charge is -2.52. The summed E-state index contributed by atoms with van der Waals surface area (Å²) in [4.78, 5) is 113. The molecule has 45 heteroatoms. The molecule has 0 saturated carbocycles. The zero-order valence-corrected chi connectivity index (χ0v) is 92.4. The highest BCUT2D eigenvalue weighted by atomic mass is 31.3. The van der Waals surface area contributed by atoms with Crippen LogP contribution in [0.2, 0.25) is 0 Å². The van der Waals surface area contributed by atoms with E-state index in [1.807, 2.05) is 6.92 Å². The number of phosphoric acid groups is 2. The molecule has 43 nitrogen and oxygen atoms in total. The predicted molar refractivity (Wildman–Crippen MR) is 554 cm³/mol. The summed E-state index contributed by atoms with van der Waals surface area (Å²) in [6.07, 6.45) is 1.37. The molecule has 0 spiro atoms. The van der Waals surface area contributed by atoms with Gasteiger partial charge in [-0.05, 0) is 218 Å². The molecule has 6 saturated heterocycles. The smallest absolute Gasteiger partial charge is 0.394 e. The van der Waals surface area contributed by atoms with Gasteiger partial charge in [-0.25, -0.2) is 9.13 Å². The first-order valence-electron chi connectivity index (χ1n) is 51.9. The molecule has 0 aromatic rings. The Morgan fingerprint density at radius 2 is 0.473 bits per heavy atom. The average molecular weight is 2170 g/mol. The molecule has 6 aliphatic rings. The van der Waals surface area contributed by atoms with Gasteiger partial charge < -0.3 is 155 Å². The molecule has 854 valence electrons. The maximum Gasteiger partial charge on any atom is 0.483 e. The highest BCUT2D eigenvalue weighted by molar-refractivity contribution is 7.61. The van der Waals surface area contributed by atoms with Crippen molar-refractivity contribution in [2.45, 2.75) is 451 Å². The van der Waals surface area contributed by atoms with Crippen LogP contribution >= 0.6 is 15.6 Å². The number of phosphoric ester groups is 2. The molecule has 6 aliphatic heterocycles. The van der Waals surface area contributed by atoms with Gasteiger partial charge in [0.1, 0.15) is 134 Å². The van der Waals surface area contributed by atoms with E-state index >= 15 is 0 Å². The molecule has 6 heterocycles. The van der Waals surface area contributed by atoms with Crippen molar-refractivity contribution in [3.63, 3.8) is 0 Å². The molecule has 6 rings (SSSR count). The van der Waals surface area contributed by atoms with Gasteiger partial charge in [-0.2, -0.15) is 4.31 Å². The molecule has 32 atom stereocenters. The van der Waals surface area contributed by atoms with Gasteiger partial charge in [0.15, 0.2) is 37.7 Å². The third-order valence-electron chi connectivity index (χ3n) is 26.7. The maximum absolute atomic E-state index is 14.0. The predicted octanol–water partition coefficient (Wildman–Crippen LogP) is 7.42. The second kappa shape index (κ2) is 65.7. The van der Waals surface area contributed by atoms with Crippen molar-refractivity contribution >= 4 is 57.0 Å². The lowest BCUT2D eigenvalue weighted by Crippen LogP contribution is -2.73. The van der Waals surface area contributed by atoms with Crippen LogP contribution in [0, 0.1) is 0 Å². The Labute approximate surface area is 882 Å². The van der Waals surface area contributed by atoms with E-state index in [9.17, 15) is 109 Å². The molecule has 150 heavy (non-hydrogen) atoms. The first-order valence-corrected chi connectivity index (χ1v) is 54.8. The Hall–Kier alpha value is -7.19. The topological polar surface area (TPSA) is 630 Å². The summed E-state index contributed by atoms with van der Waals surface area (Å²) in [5.41, 5.74) is 14.8. The quantitative estimate of drug-likeness (QED) is 0.0208. The van der Waals surface area contributed by atoms with E-state index in [-0.39, 0.29) is 0 Å². The van der Waals surface area contributed by atoms with Gasteiger partial charge in [0.2, 0.25) is 41.4 Å². The van der Waals surface area contributed by atoms with E-state index in [1.54, 1.807) is 6.92 Å². The number of rotatable bonds is 59. The molecule has 6 fully saturated rings. The van der Waals surface area contributed by atoms with Crippen LogP contribution in [0.5, 0.6) is 0 Å². The molecular formula is C105H173N7O36P2. The van der Waals surface area contributed by atoms with E-state index < -0.39 is 280 Å². The first-order chi connectivity index (χ1) is 70.7. The number of carbonyl (C=O) groups is 7. The average Bonchev–Trinajstić information content (AvgIpc) is 0.770. The van der Waals surface area contributed by atoms with Crippen LogP contribution in [0.25, 0.3) is 0 Å². The van der Waals surface area contributed by atoms with E-state index in [0.717, 1.165) is 170 Å². The summed E-state index contributed by atoms with van der Waals surface area (Å²) >= 11 is 0. The standard InChI is InChI=1S/C105H173N7O36P2/c1-58(2)31-21-32-59(3)33-22-34-60(4)35-23-36-61(5)37-24-38-62(6)39-25-40-63(7)41-26-42-64(8)43-27-44-65(9)45-28-46-66(10)47-29-48-67(11)49-30-50-68(12)51-52-135-149(131,132)148-150(133,134)147-105-88(112-76(20)124)99(82(69(13)136-105)106-70(14)118)146-104-87(111-75(19)123)94(130)98(81(57-117)141-104)145-103-86(110-74(18)122)93(129)97(80(56-116)140-103)144-102-85(109-73(17)121)92(128)96(79(55-115)139-102)143-101-84(108-72(16)120)91(127)95(78(54-114)138-101)142-100-83(107-71(15)119)90(126)89(125)77(53-113)137-100/h31,33,35,37,39,41,43,45,47,49,51,69,77-105,113-117,125-130H,21-30,32,34,36,38,40,42,44,46,48,50,52-57H2,1-20H3,(H,106,118)(H,107,119)(H,108,120)(H,109,121)(H,110,122)(H,111,123)(H,112,124)(H,131,132)(H,133,134)/b59-33+,60-35+,61-37+,62-39-,63-41-,64-43-,65-45-,66-47-,67-49-,68-51-/t69-,77-,78-,79-,80-,81-,82-,83-,84-,85-,86-,87-,88-,89+,90-,91-,92-,93-,94-,95+,96+,97+,98+,99+,100-,101-,102-,103-,104-,105-/m1/s1. The van der Waals surface area contributed by atoms with Gasteiger partial charge >= 0.3 is 15.6 Å². The van der Waals surface area contributed by atoms with E-state index in [1.165, 1.54) is 68.7 Å². The number of hydrogen-bond donors (Lipinski definition) is 20. The van der Waals surface area contributed by atoms with Crippen LogP contribution in [0.1, 0.15) is 267 Å². The van der Waals surface area contributed by atoms with Crippen LogP contribution < -0.4 is 37.2 Å². The van der Waals surface area contributed by atoms with Crippen molar-refractivity contribution in [1.82, 2.24) is 37.2 Å². The number of allylic oxidation sites excluding steroid dienone is 21. The second-order valence-electron chi connectivity index (χ2n) is 40.5. The van der Waals surface area contributed by atoms with E-state index in [0.29, 0.717) is 12.8 Å². The van der Waals surface area contributed by atoms with Gasteiger partial charge in [0.05, 0.1) is 51.8 Å². The summed E-state index contributed by atoms with van der Waals surface area (Å²) in [7, 11) is -11.4. The van der Waals surface area contributed by atoms with Crippen molar-refractivity contribution in [3.8, 4) is 0 Å². The SMILES string of the molecule is CC(=O)N[C@H]1[C@@H](O[C@@H]2[C@@H](NC(C)=O)[C@@H](OP(=O)(O)OP(=O)(O)OC/C=C(/C)CC/C=C(/C)CC/C=C(/C)CC/C=C(/C)CC/C=C(/C)CC/C=C(/C)CC/C=C(/C)CC/C=C(\C)CC/C=C(\C)CC/C=C(\C)CCC=C(C)C)O[C@H](C)[C@H]2NC(C)=O)O[C@H](CO)[C@H](O[C@H]2O[C@H](CO)[C@H](O[C@H]3O[C@H](CO)[C@H](O[C@H]4O[C@H](CO)[C@H](O[C@H]5O[C@H](CO)[C@H](O)[C@H](O)[C@H]5NC(C)=O)[C@H](O)[C@H]4NC(C)=O)[C@H](O)[C@H]3NC(C)=O)[C@H](O)[C@H]2NC(C)=O)[C@@H]1O. The molecule has 20 N–H and O–H groups in total. The Kier molecular flexibility index (Phi) is 57.6. The van der Waals surface area contributed by atoms with Gasteiger partial charge in [-0.1, -0.05) is 128 Å². The minimum atomic E-state index is -5.87. The van der Waals surface area contributed by atoms with Crippen LogP contribution in [0.4, 0.5) is 0 Å². The van der Waals surface area contributed by atoms with Gasteiger partial charge in [-0.15, -0.1) is 0 Å². The highest BCUT2D eigenvalue weighted by Gasteiger charge is 2.60. The summed E-state index contributed by atoms with van der Waals surface area (Å²) < 4.78 is 110. The van der Waals surface area contributed by atoms with Crippen LogP contribution in [-0.2, 0) is 108 Å². The first kappa shape index (κ1) is 131. The number of carbonyl (C=O) groups excluding carboxylic acids is 7. The van der Waals surface area contributed by atoms with E-state index in [2.05, 4.69) is 167 Å². The number of hydrogen-bond acceptors (Lipinski definition) is 34. The Morgan fingerprint density at radius 1 is 0.260 bits per heavy atom. The third-order valence-corrected chi connectivity index (χ3v) is 29.3. The normalized spacial score (nSPS) is 32.2. The zero-order valence-electron chi connectivity index (χ0n) is 90.7.